The minimum atomic E-state index is -1.16. The van der Waals surface area contributed by atoms with Gasteiger partial charge >= 0.3 is 0 Å². The van der Waals surface area contributed by atoms with Crippen LogP contribution in [0.5, 0.6) is 0 Å². The van der Waals surface area contributed by atoms with Crippen LogP contribution in [0.1, 0.15) is 51.1 Å². The van der Waals surface area contributed by atoms with E-state index < -0.39 is 46.9 Å². The molecule has 1 aromatic rings. The summed E-state index contributed by atoms with van der Waals surface area (Å²) in [4.78, 5) is 47.1. The van der Waals surface area contributed by atoms with E-state index in [1.54, 1.807) is 6.92 Å². The largest absolute Gasteiger partial charge is 0.391 e. The number of hydrogen-bond acceptors (Lipinski definition) is 7. The van der Waals surface area contributed by atoms with Gasteiger partial charge in [0.25, 0.3) is 0 Å². The second-order valence-corrected chi connectivity index (χ2v) is 8.99. The molecular weight excluding hydrogens is 440 g/mol. The highest BCUT2D eigenvalue weighted by molar-refractivity contribution is 5.99. The number of nitrogens with zero attached hydrogens (tertiary/aromatic N) is 2. The number of carbonyl (C=O) groups is 4. The molecule has 8 N–H and O–H groups in total. The van der Waals surface area contributed by atoms with Crippen LogP contribution in [-0.4, -0.2) is 57.9 Å². The molecule has 2 saturated heterocycles. The average molecular weight is 473 g/mol. The van der Waals surface area contributed by atoms with Crippen molar-refractivity contribution in [2.24, 2.45) is 22.6 Å². The van der Waals surface area contributed by atoms with Crippen LogP contribution in [0.15, 0.2) is 30.3 Å². The second-order valence-electron chi connectivity index (χ2n) is 8.99. The first kappa shape index (κ1) is 26.8. The molecular formula is C23H32N6O5. The summed E-state index contributed by atoms with van der Waals surface area (Å²) in [5.41, 5.74) is 14.2. The summed E-state index contributed by atoms with van der Waals surface area (Å²) in [5, 5.41) is 22.3. The van der Waals surface area contributed by atoms with E-state index in [1.807, 2.05) is 30.3 Å². The number of benzene rings is 1. The first-order valence-corrected chi connectivity index (χ1v) is 11.0. The van der Waals surface area contributed by atoms with E-state index in [1.165, 1.54) is 11.8 Å². The summed E-state index contributed by atoms with van der Waals surface area (Å²) in [6, 6.07) is 9.73. The Morgan fingerprint density at radius 2 is 1.79 bits per heavy atom. The number of aliphatic hydroxyl groups excluding tert-OH is 1. The lowest BCUT2D eigenvalue weighted by Gasteiger charge is -2.47. The molecule has 5 unspecified atom stereocenters. The number of primary amides is 2. The number of β-lactam (4-membered cyclic amide) rings is 1. The van der Waals surface area contributed by atoms with Gasteiger partial charge in [0.2, 0.25) is 23.6 Å². The average Bonchev–Trinajstić information content (AvgIpc) is 3.09. The van der Waals surface area contributed by atoms with Gasteiger partial charge in [-0.15, -0.1) is 0 Å². The Bertz CT molecular complexity index is 964. The Balaban J connectivity index is 0.000000387. The van der Waals surface area contributed by atoms with Gasteiger partial charge in [0.15, 0.2) is 0 Å². The van der Waals surface area contributed by atoms with Crippen LogP contribution in [-0.2, 0) is 19.2 Å². The summed E-state index contributed by atoms with van der Waals surface area (Å²) < 4.78 is 0. The molecule has 2 aliphatic rings. The van der Waals surface area contributed by atoms with Crippen LogP contribution in [0.25, 0.3) is 0 Å². The van der Waals surface area contributed by atoms with Gasteiger partial charge in [-0.05, 0) is 25.8 Å². The molecule has 4 amide bonds. The van der Waals surface area contributed by atoms with Gasteiger partial charge in [-0.3, -0.25) is 19.2 Å². The molecule has 11 nitrogen and oxygen atoms in total. The lowest BCUT2D eigenvalue weighted by molar-refractivity contribution is -0.156. The third kappa shape index (κ3) is 5.35. The number of amides is 4. The van der Waals surface area contributed by atoms with E-state index in [-0.39, 0.29) is 31.7 Å². The third-order valence-corrected chi connectivity index (χ3v) is 6.21. The summed E-state index contributed by atoms with van der Waals surface area (Å²) in [6.45, 7) is 3.48. The molecule has 3 rings (SSSR count). The number of rotatable bonds is 7. The van der Waals surface area contributed by atoms with E-state index in [9.17, 15) is 29.5 Å². The minimum absolute atomic E-state index is 0.236. The maximum Gasteiger partial charge on any atom is 0.248 e. The SMILES string of the molecule is CC(O)C(N)C(=O)N1C(c2ccccc2)C(C)(C#N)CC12CNC2=O.NC(=O)CCCC(N)=O. The first-order chi connectivity index (χ1) is 15.9. The Kier molecular flexibility index (Phi) is 8.36. The van der Waals surface area contributed by atoms with Crippen molar-refractivity contribution in [3.63, 3.8) is 0 Å². The lowest BCUT2D eigenvalue weighted by Crippen LogP contribution is -2.73. The van der Waals surface area contributed by atoms with Gasteiger partial charge in [-0.25, -0.2) is 0 Å². The maximum absolute atomic E-state index is 13.1. The number of hydrogen-bond donors (Lipinski definition) is 5. The second kappa shape index (κ2) is 10.6. The number of nitrogens with one attached hydrogen (secondary N) is 1. The number of nitrogens with two attached hydrogens (primary N) is 3. The lowest BCUT2D eigenvalue weighted by atomic mass is 9.75. The molecule has 184 valence electrons. The van der Waals surface area contributed by atoms with E-state index in [0.717, 1.165) is 5.56 Å². The molecule has 2 heterocycles. The topological polar surface area (TPSA) is 206 Å². The first-order valence-electron chi connectivity index (χ1n) is 11.0. The zero-order valence-electron chi connectivity index (χ0n) is 19.4. The Morgan fingerprint density at radius 3 is 2.18 bits per heavy atom. The van der Waals surface area contributed by atoms with E-state index in [2.05, 4.69) is 11.4 Å². The zero-order valence-corrected chi connectivity index (χ0v) is 19.4. The van der Waals surface area contributed by atoms with Crippen LogP contribution in [0.4, 0.5) is 0 Å². The van der Waals surface area contributed by atoms with E-state index in [4.69, 9.17) is 17.2 Å². The predicted molar refractivity (Wildman–Crippen MR) is 122 cm³/mol. The molecule has 2 aliphatic heterocycles. The summed E-state index contributed by atoms with van der Waals surface area (Å²) >= 11 is 0. The van der Waals surface area contributed by atoms with E-state index in [0.29, 0.717) is 6.42 Å². The van der Waals surface area contributed by atoms with Crippen LogP contribution in [0.2, 0.25) is 0 Å². The number of likely N-dealkylation sites (tertiary alicyclic amines) is 1. The Labute approximate surface area is 198 Å². The molecule has 34 heavy (non-hydrogen) atoms. The highest BCUT2D eigenvalue weighted by Crippen LogP contribution is 2.56. The van der Waals surface area contributed by atoms with Crippen molar-refractivity contribution in [2.45, 2.75) is 63.3 Å². The monoisotopic (exact) mass is 472 g/mol. The molecule has 0 saturated carbocycles. The van der Waals surface area contributed by atoms with E-state index >= 15 is 0 Å². The van der Waals surface area contributed by atoms with Crippen molar-refractivity contribution in [1.29, 1.82) is 5.26 Å². The Morgan fingerprint density at radius 1 is 1.24 bits per heavy atom. The fourth-order valence-electron chi connectivity index (χ4n) is 4.42. The maximum atomic E-state index is 13.1. The number of aliphatic hydroxyl groups is 1. The molecule has 0 aliphatic carbocycles. The molecule has 1 aromatic carbocycles. The summed E-state index contributed by atoms with van der Waals surface area (Å²) in [6.07, 6.45) is 0.120. The smallest absolute Gasteiger partial charge is 0.248 e. The Hall–Kier alpha value is -3.49. The standard InChI is InChI=1S/C18H22N4O3.C5H10N2O2/c1-11(23)13(20)15(24)22-14(12-6-4-3-5-7-12)17(2,9-19)8-18(22)10-21-16(18)25;6-4(8)2-1-3-5(7)9/h3-7,11,13-14,23H,8,10,20H2,1-2H3,(H,21,25);1-3H2,(H2,6,8)(H2,7,9). The van der Waals surface area contributed by atoms with Gasteiger partial charge in [-0.1, -0.05) is 30.3 Å². The van der Waals surface area contributed by atoms with Gasteiger partial charge < -0.3 is 32.5 Å². The van der Waals surface area contributed by atoms with Crippen LogP contribution in [0, 0.1) is 16.7 Å². The molecule has 11 heteroatoms. The third-order valence-electron chi connectivity index (χ3n) is 6.21. The fraction of sp³-hybridized carbons (Fsp3) is 0.522. The number of nitriles is 1. The molecule has 2 fully saturated rings. The van der Waals surface area contributed by atoms with Gasteiger partial charge in [0.05, 0.1) is 30.2 Å². The van der Waals surface area contributed by atoms with Gasteiger partial charge in [-0.2, -0.15) is 5.26 Å². The molecule has 0 radical (unpaired) electrons. The van der Waals surface area contributed by atoms with Crippen LogP contribution >= 0.6 is 0 Å². The predicted octanol–water partition coefficient (Wildman–Crippen LogP) is -0.806. The van der Waals surface area contributed by atoms with Crippen molar-refractivity contribution < 1.29 is 24.3 Å². The highest BCUT2D eigenvalue weighted by atomic mass is 16.3. The normalized spacial score (nSPS) is 26.9. The molecule has 5 atom stereocenters. The quantitative estimate of drug-likeness (QED) is 0.319. The summed E-state index contributed by atoms with van der Waals surface area (Å²) in [7, 11) is 0. The van der Waals surface area contributed by atoms with Crippen LogP contribution in [0.3, 0.4) is 0 Å². The van der Waals surface area contributed by atoms with Crippen molar-refractivity contribution in [1.82, 2.24) is 10.2 Å². The molecule has 1 spiro atoms. The van der Waals surface area contributed by atoms with Crippen LogP contribution < -0.4 is 22.5 Å². The van der Waals surface area contributed by atoms with Gasteiger partial charge in [0.1, 0.15) is 11.6 Å². The van der Waals surface area contributed by atoms with Crippen molar-refractivity contribution >= 4 is 23.6 Å². The highest BCUT2D eigenvalue weighted by Gasteiger charge is 2.67. The van der Waals surface area contributed by atoms with Crippen molar-refractivity contribution in [3.8, 4) is 6.07 Å². The number of carbonyl (C=O) groups excluding carboxylic acids is 4. The zero-order chi connectivity index (χ0) is 25.7. The van der Waals surface area contributed by atoms with Crippen molar-refractivity contribution in [2.75, 3.05) is 6.54 Å². The molecule has 0 bridgehead atoms. The molecule has 0 aromatic heterocycles. The summed E-state index contributed by atoms with van der Waals surface area (Å²) in [5.74, 6) is -1.58. The van der Waals surface area contributed by atoms with Crippen molar-refractivity contribution in [3.05, 3.63) is 35.9 Å². The minimum Gasteiger partial charge on any atom is -0.391 e. The van der Waals surface area contributed by atoms with Gasteiger partial charge in [0, 0.05) is 19.3 Å². The fourth-order valence-corrected chi connectivity index (χ4v) is 4.42.